The molecule has 0 spiro atoms. The molecule has 0 radical (unpaired) electrons. The van der Waals surface area contributed by atoms with E-state index in [0.717, 1.165) is 37.2 Å². The Labute approximate surface area is 245 Å². The van der Waals surface area contributed by atoms with Crippen LogP contribution >= 0.6 is 0 Å². The van der Waals surface area contributed by atoms with Crippen molar-refractivity contribution in [3.8, 4) is 11.5 Å². The van der Waals surface area contributed by atoms with Crippen LogP contribution in [0.25, 0.3) is 0 Å². The lowest BCUT2D eigenvalue weighted by atomic mass is 9.73. The van der Waals surface area contributed by atoms with Gasteiger partial charge in [-0.15, -0.1) is 0 Å². The van der Waals surface area contributed by atoms with E-state index < -0.39 is 0 Å². The number of ether oxygens (including phenoxy) is 2. The van der Waals surface area contributed by atoms with Crippen LogP contribution in [0.15, 0.2) is 97.1 Å². The van der Waals surface area contributed by atoms with Gasteiger partial charge in [0.15, 0.2) is 0 Å². The fraction of sp³-hybridized carbons (Fsp3) is 0.333. The Morgan fingerprint density at radius 2 is 1.02 bits per heavy atom. The quantitative estimate of drug-likeness (QED) is 0.363. The molecule has 4 atom stereocenters. The van der Waals surface area contributed by atoms with Crippen LogP contribution in [-0.4, -0.2) is 26.3 Å². The zero-order chi connectivity index (χ0) is 26.6. The number of nitrogens with two attached hydrogens (primary N) is 1. The summed E-state index contributed by atoms with van der Waals surface area (Å²) < 4.78 is 11.2. The number of hydrogen-bond acceptors (Lipinski definition) is 2. The van der Waals surface area contributed by atoms with E-state index in [-0.39, 0.29) is 12.4 Å². The maximum absolute atomic E-state index is 5.59. The van der Waals surface area contributed by atoms with E-state index in [2.05, 4.69) is 102 Å². The molecular formula is C36H40ClNO2. The van der Waals surface area contributed by atoms with Crippen molar-refractivity contribution in [2.75, 3.05) is 14.2 Å². The van der Waals surface area contributed by atoms with Gasteiger partial charge in [-0.1, -0.05) is 72.8 Å². The number of methoxy groups -OCH3 is 2. The Balaban J connectivity index is 0.00000323. The van der Waals surface area contributed by atoms with Gasteiger partial charge in [-0.3, -0.25) is 0 Å². The van der Waals surface area contributed by atoms with Crippen LogP contribution in [0, 0.1) is 0 Å². The SMILES string of the molecule is COc1ccc2c(c1)CCC([NH2+]C1CCc3cc(OC)ccc3C1Cc1ccccc1)C2Cc1ccccc1.[Cl-]. The molecule has 40 heavy (non-hydrogen) atoms. The lowest BCUT2D eigenvalue weighted by Crippen LogP contribution is -3.00. The number of benzene rings is 4. The van der Waals surface area contributed by atoms with Crippen LogP contribution in [0.1, 0.15) is 58.1 Å². The zero-order valence-corrected chi connectivity index (χ0v) is 24.3. The van der Waals surface area contributed by atoms with Crippen molar-refractivity contribution in [2.45, 2.75) is 62.4 Å². The van der Waals surface area contributed by atoms with E-state index in [4.69, 9.17) is 9.47 Å². The minimum Gasteiger partial charge on any atom is -1.00 e. The van der Waals surface area contributed by atoms with Gasteiger partial charge in [0.2, 0.25) is 0 Å². The molecule has 4 aromatic carbocycles. The standard InChI is InChI=1S/C36H39NO2.ClH/c1-38-29-15-17-31-27(23-29)13-19-35(33(31)21-25-9-5-3-6-10-25)37-36-20-14-28-24-30(39-2)16-18-32(28)34(36)22-26-11-7-4-8-12-26;/h3-12,15-18,23-24,33-37H,13-14,19-22H2,1-2H3;1H. The minimum absolute atomic E-state index is 0. The van der Waals surface area contributed by atoms with Crippen LogP contribution in [0.4, 0.5) is 0 Å². The first kappa shape index (κ1) is 28.3. The van der Waals surface area contributed by atoms with Gasteiger partial charge in [-0.25, -0.2) is 0 Å². The number of rotatable bonds is 8. The number of halogens is 1. The summed E-state index contributed by atoms with van der Waals surface area (Å²) in [5.41, 5.74) is 8.78. The normalized spacial score (nSPS) is 21.4. The van der Waals surface area contributed by atoms with E-state index in [1.807, 2.05) is 0 Å². The summed E-state index contributed by atoms with van der Waals surface area (Å²) in [5.74, 6) is 2.90. The molecule has 0 aliphatic heterocycles. The number of hydrogen-bond donors (Lipinski definition) is 1. The van der Waals surface area contributed by atoms with Crippen LogP contribution in [0.2, 0.25) is 0 Å². The van der Waals surface area contributed by atoms with Gasteiger partial charge in [0.1, 0.15) is 11.5 Å². The lowest BCUT2D eigenvalue weighted by Gasteiger charge is -2.39. The molecule has 2 N–H and O–H groups in total. The van der Waals surface area contributed by atoms with Crippen molar-refractivity contribution < 1.29 is 27.2 Å². The first-order valence-electron chi connectivity index (χ1n) is 14.5. The Morgan fingerprint density at radius 1 is 0.600 bits per heavy atom. The van der Waals surface area contributed by atoms with Crippen LogP contribution in [0.3, 0.4) is 0 Å². The molecule has 3 nitrogen and oxygen atoms in total. The minimum atomic E-state index is 0. The van der Waals surface area contributed by atoms with Crippen molar-refractivity contribution in [3.63, 3.8) is 0 Å². The first-order valence-corrected chi connectivity index (χ1v) is 14.5. The molecule has 0 bridgehead atoms. The van der Waals surface area contributed by atoms with E-state index in [9.17, 15) is 0 Å². The zero-order valence-electron chi connectivity index (χ0n) is 23.6. The molecule has 0 fully saturated rings. The summed E-state index contributed by atoms with van der Waals surface area (Å²) >= 11 is 0. The summed E-state index contributed by atoms with van der Waals surface area (Å²) in [7, 11) is 3.54. The van der Waals surface area contributed by atoms with E-state index in [0.29, 0.717) is 23.9 Å². The highest BCUT2D eigenvalue weighted by atomic mass is 35.5. The average Bonchev–Trinajstić information content (AvgIpc) is 2.99. The Hall–Kier alpha value is -3.27. The highest BCUT2D eigenvalue weighted by molar-refractivity contribution is 5.42. The lowest BCUT2D eigenvalue weighted by molar-refractivity contribution is -0.729. The van der Waals surface area contributed by atoms with Crippen LogP contribution in [0.5, 0.6) is 11.5 Å². The second kappa shape index (κ2) is 12.9. The molecule has 4 aromatic rings. The fourth-order valence-corrected chi connectivity index (χ4v) is 7.12. The number of fused-ring (bicyclic) bond motifs is 2. The highest BCUT2D eigenvalue weighted by Gasteiger charge is 2.39. The van der Waals surface area contributed by atoms with Gasteiger partial charge in [0, 0.05) is 24.7 Å². The van der Waals surface area contributed by atoms with Gasteiger partial charge in [0.05, 0.1) is 26.3 Å². The van der Waals surface area contributed by atoms with E-state index >= 15 is 0 Å². The van der Waals surface area contributed by atoms with Gasteiger partial charge in [-0.05, 0) is 83.3 Å². The summed E-state index contributed by atoms with van der Waals surface area (Å²) in [6.45, 7) is 0. The van der Waals surface area contributed by atoms with Gasteiger partial charge in [-0.2, -0.15) is 0 Å². The van der Waals surface area contributed by atoms with Gasteiger partial charge < -0.3 is 27.2 Å². The smallest absolute Gasteiger partial charge is 0.119 e. The summed E-state index contributed by atoms with van der Waals surface area (Å²) in [4.78, 5) is 0. The molecule has 0 aromatic heterocycles. The number of aryl methyl sites for hydroxylation is 2. The fourth-order valence-electron chi connectivity index (χ4n) is 7.12. The molecule has 4 unspecified atom stereocenters. The van der Waals surface area contributed by atoms with E-state index in [1.165, 1.54) is 46.2 Å². The summed E-state index contributed by atoms with van der Waals surface area (Å²) in [6.07, 6.45) is 6.77. The molecule has 2 aliphatic carbocycles. The maximum Gasteiger partial charge on any atom is 0.119 e. The molecule has 4 heteroatoms. The van der Waals surface area contributed by atoms with E-state index in [1.54, 1.807) is 14.2 Å². The van der Waals surface area contributed by atoms with Crippen molar-refractivity contribution >= 4 is 0 Å². The third kappa shape index (κ3) is 6.06. The molecular weight excluding hydrogens is 514 g/mol. The van der Waals surface area contributed by atoms with Crippen molar-refractivity contribution in [3.05, 3.63) is 130 Å². The maximum atomic E-state index is 5.59. The average molecular weight is 554 g/mol. The first-order chi connectivity index (χ1) is 19.2. The van der Waals surface area contributed by atoms with Crippen LogP contribution < -0.4 is 27.2 Å². The molecule has 2 aliphatic rings. The second-order valence-electron chi connectivity index (χ2n) is 11.3. The summed E-state index contributed by atoms with van der Waals surface area (Å²) in [6, 6.07) is 36.7. The molecule has 0 saturated carbocycles. The Bertz CT molecular complexity index is 1280. The summed E-state index contributed by atoms with van der Waals surface area (Å²) in [5, 5.41) is 2.78. The third-order valence-corrected chi connectivity index (χ3v) is 9.12. The molecule has 208 valence electrons. The second-order valence-corrected chi connectivity index (χ2v) is 11.3. The monoisotopic (exact) mass is 553 g/mol. The van der Waals surface area contributed by atoms with Crippen molar-refractivity contribution in [1.82, 2.24) is 0 Å². The van der Waals surface area contributed by atoms with Gasteiger partial charge in [0.25, 0.3) is 0 Å². The largest absolute Gasteiger partial charge is 1.00 e. The molecule has 0 amide bonds. The predicted octanol–water partition coefficient (Wildman–Crippen LogP) is 3.25. The third-order valence-electron chi connectivity index (χ3n) is 9.12. The van der Waals surface area contributed by atoms with Crippen molar-refractivity contribution in [1.29, 1.82) is 0 Å². The molecule has 0 heterocycles. The molecule has 0 saturated heterocycles. The van der Waals surface area contributed by atoms with Crippen LogP contribution in [-0.2, 0) is 25.7 Å². The highest BCUT2D eigenvalue weighted by Crippen LogP contribution is 2.38. The Morgan fingerprint density at radius 3 is 1.43 bits per heavy atom. The Kier molecular flexibility index (Phi) is 9.14. The number of quaternary nitrogens is 1. The molecule has 6 rings (SSSR count). The predicted molar refractivity (Wildman–Crippen MR) is 158 cm³/mol. The van der Waals surface area contributed by atoms with Gasteiger partial charge >= 0.3 is 0 Å². The van der Waals surface area contributed by atoms with Crippen molar-refractivity contribution in [2.24, 2.45) is 0 Å². The topological polar surface area (TPSA) is 35.1 Å².